The standard InChI is InChI=1S/C21H30N4O2/c1-21(2,3)25(20(26)27)12-6-11-23-13-15-24(16-14-23)19-18-8-5-4-7-17(18)9-10-22-19/h4-5,7-10H,6,11-16H2,1-3H3,(H,26,27). The molecule has 6 nitrogen and oxygen atoms in total. The van der Waals surface area contributed by atoms with Crippen LogP contribution in [0.1, 0.15) is 27.2 Å². The SMILES string of the molecule is CC(C)(C)N(CCCN1CCN(c2nccc3ccccc23)CC1)C(=O)O. The smallest absolute Gasteiger partial charge is 0.407 e. The van der Waals surface area contributed by atoms with E-state index in [-0.39, 0.29) is 5.54 Å². The minimum absolute atomic E-state index is 0.357. The molecule has 0 atom stereocenters. The highest BCUT2D eigenvalue weighted by molar-refractivity contribution is 5.92. The molecule has 0 aliphatic carbocycles. The summed E-state index contributed by atoms with van der Waals surface area (Å²) in [6.45, 7) is 11.2. The van der Waals surface area contributed by atoms with Crippen molar-refractivity contribution in [2.24, 2.45) is 0 Å². The molecule has 1 aromatic heterocycles. The fraction of sp³-hybridized carbons (Fsp3) is 0.524. The average Bonchev–Trinajstić information content (AvgIpc) is 2.64. The van der Waals surface area contributed by atoms with Gasteiger partial charge in [0.05, 0.1) is 0 Å². The number of rotatable bonds is 5. The van der Waals surface area contributed by atoms with E-state index in [2.05, 4.69) is 45.1 Å². The monoisotopic (exact) mass is 370 g/mol. The van der Waals surface area contributed by atoms with Crippen molar-refractivity contribution in [2.75, 3.05) is 44.2 Å². The zero-order chi connectivity index (χ0) is 19.4. The van der Waals surface area contributed by atoms with E-state index in [4.69, 9.17) is 0 Å². The number of anilines is 1. The molecule has 0 unspecified atom stereocenters. The van der Waals surface area contributed by atoms with Crippen LogP contribution in [0.25, 0.3) is 10.8 Å². The molecule has 3 rings (SSSR count). The molecule has 1 aliphatic heterocycles. The van der Waals surface area contributed by atoms with Crippen LogP contribution in [0.5, 0.6) is 0 Å². The number of carboxylic acid groups (broad SMARTS) is 1. The van der Waals surface area contributed by atoms with E-state index in [1.165, 1.54) is 15.7 Å². The first-order chi connectivity index (χ1) is 12.9. The summed E-state index contributed by atoms with van der Waals surface area (Å²) in [5.74, 6) is 1.07. The van der Waals surface area contributed by atoms with Crippen LogP contribution in [-0.2, 0) is 0 Å². The van der Waals surface area contributed by atoms with Crippen molar-refractivity contribution >= 4 is 22.7 Å². The van der Waals surface area contributed by atoms with Crippen LogP contribution in [0.2, 0.25) is 0 Å². The minimum atomic E-state index is -0.839. The van der Waals surface area contributed by atoms with Crippen molar-refractivity contribution in [3.63, 3.8) is 0 Å². The Hall–Kier alpha value is -2.34. The summed E-state index contributed by atoms with van der Waals surface area (Å²) in [6.07, 6.45) is 1.90. The van der Waals surface area contributed by atoms with E-state index >= 15 is 0 Å². The molecule has 6 heteroatoms. The van der Waals surface area contributed by atoms with Crippen LogP contribution in [-0.4, -0.2) is 70.8 Å². The Morgan fingerprint density at radius 2 is 1.85 bits per heavy atom. The van der Waals surface area contributed by atoms with Crippen molar-refractivity contribution in [3.05, 3.63) is 36.5 Å². The van der Waals surface area contributed by atoms with Gasteiger partial charge < -0.3 is 14.9 Å². The van der Waals surface area contributed by atoms with Gasteiger partial charge in [0.15, 0.2) is 0 Å². The van der Waals surface area contributed by atoms with E-state index in [1.807, 2.05) is 27.0 Å². The third-order valence-electron chi connectivity index (χ3n) is 5.22. The molecule has 1 amide bonds. The molecule has 146 valence electrons. The quantitative estimate of drug-likeness (QED) is 0.872. The van der Waals surface area contributed by atoms with Gasteiger partial charge in [0.2, 0.25) is 0 Å². The Labute approximate surface area is 161 Å². The number of nitrogens with zero attached hydrogens (tertiary/aromatic N) is 4. The number of pyridine rings is 1. The summed E-state index contributed by atoms with van der Waals surface area (Å²) in [5, 5.41) is 11.8. The molecule has 1 aromatic carbocycles. The van der Waals surface area contributed by atoms with Gasteiger partial charge in [-0.25, -0.2) is 9.78 Å². The maximum absolute atomic E-state index is 11.4. The van der Waals surface area contributed by atoms with Gasteiger partial charge >= 0.3 is 6.09 Å². The van der Waals surface area contributed by atoms with Crippen LogP contribution < -0.4 is 4.90 Å². The lowest BCUT2D eigenvalue weighted by atomic mass is 10.1. The topological polar surface area (TPSA) is 59.9 Å². The number of benzene rings is 1. The predicted octanol–water partition coefficient (Wildman–Crippen LogP) is 3.53. The Bertz CT molecular complexity index is 774. The van der Waals surface area contributed by atoms with Crippen LogP contribution in [0, 0.1) is 0 Å². The third kappa shape index (κ3) is 4.69. The van der Waals surface area contributed by atoms with E-state index in [0.29, 0.717) is 6.54 Å². The molecule has 0 radical (unpaired) electrons. The first-order valence-electron chi connectivity index (χ1n) is 9.68. The largest absolute Gasteiger partial charge is 0.465 e. The van der Waals surface area contributed by atoms with Crippen molar-refractivity contribution in [2.45, 2.75) is 32.7 Å². The molecule has 1 aliphatic rings. The highest BCUT2D eigenvalue weighted by atomic mass is 16.4. The van der Waals surface area contributed by atoms with Crippen molar-refractivity contribution in [1.29, 1.82) is 0 Å². The second kappa shape index (κ2) is 8.13. The Morgan fingerprint density at radius 3 is 2.52 bits per heavy atom. The van der Waals surface area contributed by atoms with Crippen LogP contribution in [0.15, 0.2) is 36.5 Å². The number of amides is 1. The highest BCUT2D eigenvalue weighted by Crippen LogP contribution is 2.25. The molecule has 1 saturated heterocycles. The second-order valence-corrected chi connectivity index (χ2v) is 8.14. The molecule has 0 spiro atoms. The highest BCUT2D eigenvalue weighted by Gasteiger charge is 2.26. The number of aromatic nitrogens is 1. The molecule has 1 fully saturated rings. The Kier molecular flexibility index (Phi) is 5.85. The van der Waals surface area contributed by atoms with Gasteiger partial charge in [-0.15, -0.1) is 0 Å². The summed E-state index contributed by atoms with van der Waals surface area (Å²) in [4.78, 5) is 22.4. The number of hydrogen-bond donors (Lipinski definition) is 1. The summed E-state index contributed by atoms with van der Waals surface area (Å²) < 4.78 is 0. The lowest BCUT2D eigenvalue weighted by Crippen LogP contribution is -2.49. The van der Waals surface area contributed by atoms with Gasteiger partial charge in [-0.05, 0) is 45.2 Å². The van der Waals surface area contributed by atoms with Gasteiger partial charge in [0, 0.05) is 49.8 Å². The van der Waals surface area contributed by atoms with E-state index in [1.54, 1.807) is 0 Å². The average molecular weight is 370 g/mol. The van der Waals surface area contributed by atoms with E-state index in [9.17, 15) is 9.90 Å². The summed E-state index contributed by atoms with van der Waals surface area (Å²) in [6, 6.07) is 10.4. The molecule has 2 aromatic rings. The van der Waals surface area contributed by atoms with E-state index in [0.717, 1.165) is 45.0 Å². The zero-order valence-corrected chi connectivity index (χ0v) is 16.6. The predicted molar refractivity (Wildman–Crippen MR) is 109 cm³/mol. The summed E-state index contributed by atoms with van der Waals surface area (Å²) in [5.41, 5.74) is -0.357. The van der Waals surface area contributed by atoms with Gasteiger partial charge in [-0.3, -0.25) is 4.90 Å². The first-order valence-corrected chi connectivity index (χ1v) is 9.68. The summed E-state index contributed by atoms with van der Waals surface area (Å²) >= 11 is 0. The fourth-order valence-electron chi connectivity index (χ4n) is 3.71. The van der Waals surface area contributed by atoms with Gasteiger partial charge in [0.1, 0.15) is 5.82 Å². The van der Waals surface area contributed by atoms with E-state index < -0.39 is 6.09 Å². The Balaban J connectivity index is 1.53. The fourth-order valence-corrected chi connectivity index (χ4v) is 3.71. The minimum Gasteiger partial charge on any atom is -0.465 e. The van der Waals surface area contributed by atoms with Crippen LogP contribution in [0.4, 0.5) is 10.6 Å². The molecule has 0 saturated carbocycles. The molecule has 1 N–H and O–H groups in total. The van der Waals surface area contributed by atoms with Gasteiger partial charge in [0.25, 0.3) is 0 Å². The molecule has 27 heavy (non-hydrogen) atoms. The lowest BCUT2D eigenvalue weighted by Gasteiger charge is -2.37. The second-order valence-electron chi connectivity index (χ2n) is 8.14. The number of piperazine rings is 1. The molecular formula is C21H30N4O2. The molecule has 2 heterocycles. The number of carbonyl (C=O) groups is 1. The molecular weight excluding hydrogens is 340 g/mol. The maximum atomic E-state index is 11.4. The van der Waals surface area contributed by atoms with Gasteiger partial charge in [-0.2, -0.15) is 0 Å². The lowest BCUT2D eigenvalue weighted by molar-refractivity contribution is 0.0962. The maximum Gasteiger partial charge on any atom is 0.407 e. The van der Waals surface area contributed by atoms with Crippen molar-refractivity contribution in [1.82, 2.24) is 14.8 Å². The number of fused-ring (bicyclic) bond motifs is 1. The Morgan fingerprint density at radius 1 is 1.15 bits per heavy atom. The first kappa shape index (κ1) is 19.4. The summed E-state index contributed by atoms with van der Waals surface area (Å²) in [7, 11) is 0. The zero-order valence-electron chi connectivity index (χ0n) is 16.6. The molecule has 0 bridgehead atoms. The van der Waals surface area contributed by atoms with Crippen molar-refractivity contribution in [3.8, 4) is 0 Å². The van der Waals surface area contributed by atoms with Gasteiger partial charge in [-0.1, -0.05) is 24.3 Å². The van der Waals surface area contributed by atoms with Crippen LogP contribution in [0.3, 0.4) is 0 Å². The van der Waals surface area contributed by atoms with Crippen LogP contribution >= 0.6 is 0 Å². The van der Waals surface area contributed by atoms with Crippen molar-refractivity contribution < 1.29 is 9.90 Å². The third-order valence-corrected chi connectivity index (χ3v) is 5.22. The normalized spacial score (nSPS) is 15.9. The number of hydrogen-bond acceptors (Lipinski definition) is 4.